The van der Waals surface area contributed by atoms with Crippen LogP contribution in [0.4, 0.5) is 0 Å². The van der Waals surface area contributed by atoms with E-state index in [2.05, 4.69) is 0 Å². The molecular formula is AlCa2FeO5. The van der Waals surface area contributed by atoms with Crippen LogP contribution in [-0.2, 0) is 44.4 Å². The minimum atomic E-state index is 0. The molecule has 0 N–H and O–H groups in total. The Morgan fingerprint density at radius 3 is 0.444 bits per heavy atom. The first-order valence-electron chi connectivity index (χ1n) is 0. The standard InChI is InChI=1S/Al.2Ca.Fe.5O/q+3;2*+2;+3;5*-2. The molecule has 9 heavy (non-hydrogen) atoms. The Labute approximate surface area is 134 Å². The van der Waals surface area contributed by atoms with Gasteiger partial charge in [0.1, 0.15) is 0 Å². The quantitative estimate of drug-likeness (QED) is 0.445. The summed E-state index contributed by atoms with van der Waals surface area (Å²) in [6.07, 6.45) is 0. The van der Waals surface area contributed by atoms with E-state index in [1.807, 2.05) is 0 Å². The van der Waals surface area contributed by atoms with Crippen molar-refractivity contribution < 1.29 is 44.4 Å². The fourth-order valence-electron chi connectivity index (χ4n) is 0. The van der Waals surface area contributed by atoms with Crippen LogP contribution < -0.4 is 0 Å². The molecule has 0 atom stereocenters. The van der Waals surface area contributed by atoms with Crippen molar-refractivity contribution in [3.63, 3.8) is 0 Å². The molecule has 0 aromatic rings. The SMILES string of the molecule is [Al+3].[Ca+2].[Ca+2].[Fe+3].[O-2].[O-2].[O-2].[O-2].[O-2]. The minimum absolute atomic E-state index is 0. The van der Waals surface area contributed by atoms with Crippen LogP contribution >= 0.6 is 0 Å². The summed E-state index contributed by atoms with van der Waals surface area (Å²) < 4.78 is 0. The zero-order chi connectivity index (χ0) is 0. The van der Waals surface area contributed by atoms with Gasteiger partial charge in [-0.3, -0.25) is 0 Å². The van der Waals surface area contributed by atoms with E-state index in [0.29, 0.717) is 0 Å². The molecule has 0 aliphatic carbocycles. The number of rotatable bonds is 0. The molecule has 0 spiro atoms. The maximum atomic E-state index is 0. The zero-order valence-corrected chi connectivity index (χ0v) is 11.1. The second-order valence-corrected chi connectivity index (χ2v) is 0. The van der Waals surface area contributed by atoms with Crippen LogP contribution in [0, 0.1) is 0 Å². The smallest absolute Gasteiger partial charge is 2.00 e. The van der Waals surface area contributed by atoms with Gasteiger partial charge in [-0.05, 0) is 0 Å². The van der Waals surface area contributed by atoms with E-state index in [0.717, 1.165) is 0 Å². The molecule has 0 bridgehead atoms. The fourth-order valence-corrected chi connectivity index (χ4v) is 0. The molecule has 0 heterocycles. The summed E-state index contributed by atoms with van der Waals surface area (Å²) in [7, 11) is 0. The zero-order valence-electron chi connectivity index (χ0n) is 4.39. The van der Waals surface area contributed by atoms with Crippen LogP contribution in [0.15, 0.2) is 0 Å². The second-order valence-electron chi connectivity index (χ2n) is 0. The molecule has 0 aromatic carbocycles. The van der Waals surface area contributed by atoms with Crippen LogP contribution in [0.1, 0.15) is 0 Å². The van der Waals surface area contributed by atoms with Crippen molar-refractivity contribution in [1.82, 2.24) is 0 Å². The summed E-state index contributed by atoms with van der Waals surface area (Å²) in [5.74, 6) is 0. The molecule has 0 unspecified atom stereocenters. The van der Waals surface area contributed by atoms with Crippen molar-refractivity contribution in [2.45, 2.75) is 0 Å². The Hall–Kier alpha value is 3.37. The molecule has 0 aliphatic heterocycles. The third kappa shape index (κ3) is 87.9. The average molecular weight is 243 g/mol. The molecule has 5 nitrogen and oxygen atoms in total. The second kappa shape index (κ2) is 108. The summed E-state index contributed by atoms with van der Waals surface area (Å²) in [5.41, 5.74) is 0. The molecule has 9 heteroatoms. The van der Waals surface area contributed by atoms with Crippen molar-refractivity contribution in [2.24, 2.45) is 0 Å². The van der Waals surface area contributed by atoms with Crippen LogP contribution in [0.25, 0.3) is 0 Å². The first-order chi connectivity index (χ1) is 0. The largest absolute Gasteiger partial charge is 3.00 e. The van der Waals surface area contributed by atoms with Gasteiger partial charge in [0, 0.05) is 0 Å². The molecular weight excluding hydrogens is 243 g/mol. The average Bonchev–Trinajstić information content (AvgIpc) is 0. The minimum Gasteiger partial charge on any atom is -2.00 e. The van der Waals surface area contributed by atoms with Crippen LogP contribution in [0.3, 0.4) is 0 Å². The van der Waals surface area contributed by atoms with E-state index in [4.69, 9.17) is 0 Å². The summed E-state index contributed by atoms with van der Waals surface area (Å²) in [6, 6.07) is 0. The van der Waals surface area contributed by atoms with E-state index >= 15 is 0 Å². The van der Waals surface area contributed by atoms with Gasteiger partial charge in [-0.2, -0.15) is 0 Å². The molecule has 1 radical (unpaired) electrons. The van der Waals surface area contributed by atoms with Crippen molar-refractivity contribution in [3.05, 3.63) is 0 Å². The monoisotopic (exact) mass is 243 g/mol. The summed E-state index contributed by atoms with van der Waals surface area (Å²) in [5, 5.41) is 0. The van der Waals surface area contributed by atoms with Crippen LogP contribution in [0.5, 0.6) is 0 Å². The van der Waals surface area contributed by atoms with E-state index in [1.54, 1.807) is 0 Å². The van der Waals surface area contributed by atoms with Gasteiger partial charge in [0.2, 0.25) is 0 Å². The Morgan fingerprint density at radius 2 is 0.444 bits per heavy atom. The fraction of sp³-hybridized carbons (Fsp3) is 0. The van der Waals surface area contributed by atoms with Crippen molar-refractivity contribution in [3.8, 4) is 0 Å². The van der Waals surface area contributed by atoms with E-state index in [-0.39, 0.29) is 137 Å². The van der Waals surface area contributed by atoms with Gasteiger partial charge < -0.3 is 27.4 Å². The molecule has 0 saturated carbocycles. The van der Waals surface area contributed by atoms with Gasteiger partial charge in [0.05, 0.1) is 0 Å². The molecule has 45 valence electrons. The predicted molar refractivity (Wildman–Crippen MR) is 20.7 cm³/mol. The number of hydrogen-bond donors (Lipinski definition) is 0. The topological polar surface area (TPSA) is 142 Å². The third-order valence-corrected chi connectivity index (χ3v) is 0. The number of hydrogen-bond acceptors (Lipinski definition) is 0. The predicted octanol–water partition coefficient (Wildman–Crippen LogP) is -1.74. The van der Waals surface area contributed by atoms with Gasteiger partial charge in [0.25, 0.3) is 0 Å². The maximum absolute atomic E-state index is 0. The Bertz CT molecular complexity index is 14.9. The maximum Gasteiger partial charge on any atom is 3.00 e. The van der Waals surface area contributed by atoms with Crippen molar-refractivity contribution >= 4 is 92.8 Å². The van der Waals surface area contributed by atoms with Crippen LogP contribution in [-0.4, -0.2) is 92.8 Å². The summed E-state index contributed by atoms with van der Waals surface area (Å²) in [4.78, 5) is 0. The molecule has 0 aliphatic rings. The third-order valence-electron chi connectivity index (χ3n) is 0. The molecule has 0 aromatic heterocycles. The molecule has 0 rings (SSSR count). The molecule has 0 saturated heterocycles. The summed E-state index contributed by atoms with van der Waals surface area (Å²) >= 11 is 0. The van der Waals surface area contributed by atoms with E-state index < -0.39 is 0 Å². The molecule has 0 amide bonds. The van der Waals surface area contributed by atoms with E-state index in [1.165, 1.54) is 0 Å². The van der Waals surface area contributed by atoms with Crippen LogP contribution in [0.2, 0.25) is 0 Å². The van der Waals surface area contributed by atoms with Gasteiger partial charge in [-0.1, -0.05) is 0 Å². The van der Waals surface area contributed by atoms with Gasteiger partial charge in [-0.25, -0.2) is 0 Å². The van der Waals surface area contributed by atoms with Crippen molar-refractivity contribution in [1.29, 1.82) is 0 Å². The Balaban J connectivity index is 0. The van der Waals surface area contributed by atoms with Gasteiger partial charge in [0.15, 0.2) is 0 Å². The Morgan fingerprint density at radius 1 is 0.444 bits per heavy atom. The first kappa shape index (κ1) is 141. The Kier molecular flexibility index (Phi) is 1680. The van der Waals surface area contributed by atoms with Gasteiger partial charge in [-0.15, -0.1) is 0 Å². The van der Waals surface area contributed by atoms with Gasteiger partial charge >= 0.3 is 110 Å². The summed E-state index contributed by atoms with van der Waals surface area (Å²) in [6.45, 7) is 0. The molecule has 0 fully saturated rings. The van der Waals surface area contributed by atoms with E-state index in [9.17, 15) is 0 Å². The normalized spacial score (nSPS) is 0. The first-order valence-corrected chi connectivity index (χ1v) is 0. The van der Waals surface area contributed by atoms with Crippen molar-refractivity contribution in [2.75, 3.05) is 0 Å².